The molecule has 1 heterocycles. The third-order valence-corrected chi connectivity index (χ3v) is 4.36. The first-order valence-electron chi connectivity index (χ1n) is 7.84. The molecule has 1 aromatic heterocycles. The number of hydrogen-bond acceptors (Lipinski definition) is 6. The van der Waals surface area contributed by atoms with Crippen molar-refractivity contribution in [1.29, 1.82) is 5.26 Å². The Hall–Kier alpha value is -3.85. The largest absolute Gasteiger partial charge is 0.490 e. The van der Waals surface area contributed by atoms with Crippen LogP contribution in [0.15, 0.2) is 58.5 Å². The summed E-state index contributed by atoms with van der Waals surface area (Å²) in [6.07, 6.45) is -5.08. The molecule has 0 saturated heterocycles. The molecule has 0 spiro atoms. The molecule has 0 aliphatic heterocycles. The molecule has 30 heavy (non-hydrogen) atoms. The normalized spacial score (nSPS) is 10.5. The van der Waals surface area contributed by atoms with Crippen molar-refractivity contribution in [1.82, 2.24) is 15.4 Å². The summed E-state index contributed by atoms with van der Waals surface area (Å²) in [7, 11) is 0. The summed E-state index contributed by atoms with van der Waals surface area (Å²) in [5.74, 6) is -3.87. The SMILES string of the molecule is N#Cc1ccc(-c2ccc(Sc3n[nH]nc3C(=O)O)cc2)cc1.O=C(O)C(F)(F)F. The average Bonchev–Trinajstić information content (AvgIpc) is 3.17. The standard InChI is InChI=1S/C16H10N4O2S.C2HF3O2/c17-9-10-1-3-11(4-2-10)12-5-7-13(8-6-12)23-15-14(16(21)22)18-20-19-15;3-2(4,5)1(6)7/h1-8H,(H,21,22)(H,18,19,20);(H,6,7). The smallest absolute Gasteiger partial charge is 0.476 e. The lowest BCUT2D eigenvalue weighted by molar-refractivity contribution is -0.192. The zero-order valence-corrected chi connectivity index (χ0v) is 15.5. The summed E-state index contributed by atoms with van der Waals surface area (Å²) >= 11 is 1.23. The Morgan fingerprint density at radius 3 is 1.90 bits per heavy atom. The third kappa shape index (κ3) is 6.08. The van der Waals surface area contributed by atoms with Crippen molar-refractivity contribution in [3.63, 3.8) is 0 Å². The quantitative estimate of drug-likeness (QED) is 0.561. The molecule has 3 aromatic rings. The van der Waals surface area contributed by atoms with Gasteiger partial charge in [0, 0.05) is 4.90 Å². The summed E-state index contributed by atoms with van der Waals surface area (Å²) < 4.78 is 31.7. The van der Waals surface area contributed by atoms with Crippen molar-refractivity contribution in [3.05, 3.63) is 59.8 Å². The molecular weight excluding hydrogens is 425 g/mol. The van der Waals surface area contributed by atoms with Gasteiger partial charge in [0.05, 0.1) is 11.6 Å². The van der Waals surface area contributed by atoms with Gasteiger partial charge in [0.1, 0.15) is 0 Å². The van der Waals surface area contributed by atoms with Gasteiger partial charge < -0.3 is 10.2 Å². The van der Waals surface area contributed by atoms with Gasteiger partial charge in [-0.1, -0.05) is 36.0 Å². The third-order valence-electron chi connectivity index (χ3n) is 3.38. The molecule has 154 valence electrons. The maximum absolute atomic E-state index is 11.0. The van der Waals surface area contributed by atoms with E-state index in [2.05, 4.69) is 21.5 Å². The number of aromatic carboxylic acids is 1. The summed E-state index contributed by atoms with van der Waals surface area (Å²) in [4.78, 5) is 20.8. The number of alkyl halides is 3. The predicted molar refractivity (Wildman–Crippen MR) is 97.7 cm³/mol. The monoisotopic (exact) mass is 436 g/mol. The lowest BCUT2D eigenvalue weighted by Gasteiger charge is -2.04. The first kappa shape index (κ1) is 22.4. The molecule has 8 nitrogen and oxygen atoms in total. The Kier molecular flexibility index (Phi) is 7.16. The van der Waals surface area contributed by atoms with Crippen molar-refractivity contribution in [2.45, 2.75) is 16.1 Å². The van der Waals surface area contributed by atoms with Crippen LogP contribution in [0.3, 0.4) is 0 Å². The van der Waals surface area contributed by atoms with E-state index in [1.807, 2.05) is 36.4 Å². The molecule has 2 aromatic carbocycles. The van der Waals surface area contributed by atoms with E-state index in [0.29, 0.717) is 10.6 Å². The Balaban J connectivity index is 0.000000396. The lowest BCUT2D eigenvalue weighted by Crippen LogP contribution is -2.21. The number of hydrogen-bond donors (Lipinski definition) is 3. The van der Waals surface area contributed by atoms with Crippen LogP contribution < -0.4 is 0 Å². The van der Waals surface area contributed by atoms with Crippen molar-refractivity contribution in [2.24, 2.45) is 0 Å². The number of benzene rings is 2. The number of carboxylic acid groups (broad SMARTS) is 2. The number of carbonyl (C=O) groups is 2. The van der Waals surface area contributed by atoms with Crippen molar-refractivity contribution in [2.75, 3.05) is 0 Å². The Morgan fingerprint density at radius 1 is 0.967 bits per heavy atom. The van der Waals surface area contributed by atoms with E-state index in [-0.39, 0.29) is 5.69 Å². The number of nitrogens with zero attached hydrogens (tertiary/aromatic N) is 3. The fourth-order valence-electron chi connectivity index (χ4n) is 2.00. The summed E-state index contributed by atoms with van der Waals surface area (Å²) in [5.41, 5.74) is 2.55. The molecule has 0 unspecified atom stereocenters. The molecule has 0 bridgehead atoms. The van der Waals surface area contributed by atoms with Crippen LogP contribution in [-0.4, -0.2) is 43.7 Å². The molecule has 0 atom stereocenters. The fourth-order valence-corrected chi connectivity index (χ4v) is 2.81. The van der Waals surface area contributed by atoms with Crippen LogP contribution in [0.2, 0.25) is 0 Å². The molecule has 3 N–H and O–H groups in total. The predicted octanol–water partition coefficient (Wildman–Crippen LogP) is 3.83. The molecule has 0 amide bonds. The van der Waals surface area contributed by atoms with E-state index >= 15 is 0 Å². The average molecular weight is 436 g/mol. The number of halogens is 3. The number of H-pyrrole nitrogens is 1. The van der Waals surface area contributed by atoms with Crippen molar-refractivity contribution in [3.8, 4) is 17.2 Å². The molecule has 12 heteroatoms. The minimum atomic E-state index is -5.08. The zero-order chi connectivity index (χ0) is 22.3. The number of aromatic nitrogens is 3. The number of aromatic amines is 1. The van der Waals surface area contributed by atoms with Gasteiger partial charge in [-0.25, -0.2) is 9.59 Å². The van der Waals surface area contributed by atoms with Crippen LogP contribution in [0.25, 0.3) is 11.1 Å². The van der Waals surface area contributed by atoms with E-state index < -0.39 is 18.1 Å². The molecule has 3 rings (SSSR count). The van der Waals surface area contributed by atoms with Crippen LogP contribution >= 0.6 is 11.8 Å². The Labute approximate surface area is 171 Å². The van der Waals surface area contributed by atoms with Crippen LogP contribution in [0, 0.1) is 11.3 Å². The summed E-state index contributed by atoms with van der Waals surface area (Å²) in [6.45, 7) is 0. The highest BCUT2D eigenvalue weighted by atomic mass is 32.2. The highest BCUT2D eigenvalue weighted by Gasteiger charge is 2.38. The van der Waals surface area contributed by atoms with Crippen LogP contribution in [-0.2, 0) is 4.79 Å². The molecular formula is C18H11F3N4O4S. The molecule has 0 saturated carbocycles. The van der Waals surface area contributed by atoms with Crippen molar-refractivity contribution >= 4 is 23.7 Å². The van der Waals surface area contributed by atoms with Gasteiger partial charge in [0.2, 0.25) is 5.69 Å². The van der Waals surface area contributed by atoms with Gasteiger partial charge in [-0.3, -0.25) is 0 Å². The van der Waals surface area contributed by atoms with Crippen molar-refractivity contribution < 1.29 is 33.0 Å². The molecule has 0 fully saturated rings. The van der Waals surface area contributed by atoms with E-state index in [0.717, 1.165) is 16.0 Å². The van der Waals surface area contributed by atoms with E-state index in [1.54, 1.807) is 12.1 Å². The minimum Gasteiger partial charge on any atom is -0.476 e. The number of aliphatic carboxylic acids is 1. The van der Waals surface area contributed by atoms with Gasteiger partial charge in [0.15, 0.2) is 5.03 Å². The summed E-state index contributed by atoms with van der Waals surface area (Å²) in [5, 5.41) is 35.0. The maximum atomic E-state index is 11.0. The van der Waals surface area contributed by atoms with Gasteiger partial charge in [0.25, 0.3) is 0 Å². The molecule has 0 radical (unpaired) electrons. The van der Waals surface area contributed by atoms with Crippen LogP contribution in [0.1, 0.15) is 16.1 Å². The number of nitrogens with one attached hydrogen (secondary N) is 1. The summed E-state index contributed by atoms with van der Waals surface area (Å²) in [6, 6.07) is 17.1. The van der Waals surface area contributed by atoms with Gasteiger partial charge in [-0.15, -0.1) is 10.2 Å². The number of nitriles is 1. The lowest BCUT2D eigenvalue weighted by atomic mass is 10.0. The minimum absolute atomic E-state index is 0.0915. The van der Waals surface area contributed by atoms with Crippen LogP contribution in [0.4, 0.5) is 13.2 Å². The Morgan fingerprint density at radius 2 is 1.47 bits per heavy atom. The maximum Gasteiger partial charge on any atom is 0.490 e. The number of carboxylic acids is 2. The topological polar surface area (TPSA) is 140 Å². The second-order valence-corrected chi connectivity index (χ2v) is 6.46. The second kappa shape index (κ2) is 9.57. The highest BCUT2D eigenvalue weighted by molar-refractivity contribution is 7.99. The van der Waals surface area contributed by atoms with Gasteiger partial charge in [-0.05, 0) is 35.4 Å². The van der Waals surface area contributed by atoms with Gasteiger partial charge >= 0.3 is 18.1 Å². The van der Waals surface area contributed by atoms with Gasteiger partial charge in [-0.2, -0.15) is 23.6 Å². The molecule has 0 aliphatic rings. The molecule has 0 aliphatic carbocycles. The van der Waals surface area contributed by atoms with E-state index in [1.165, 1.54) is 11.8 Å². The Bertz CT molecular complexity index is 1070. The zero-order valence-electron chi connectivity index (χ0n) is 14.7. The van der Waals surface area contributed by atoms with E-state index in [9.17, 15) is 18.0 Å². The number of rotatable bonds is 4. The first-order valence-corrected chi connectivity index (χ1v) is 8.66. The highest BCUT2D eigenvalue weighted by Crippen LogP contribution is 2.30. The van der Waals surface area contributed by atoms with E-state index in [4.69, 9.17) is 20.3 Å². The first-order chi connectivity index (χ1) is 14.1. The second-order valence-electron chi connectivity index (χ2n) is 5.40. The van der Waals surface area contributed by atoms with Crippen LogP contribution in [0.5, 0.6) is 0 Å². The fraction of sp³-hybridized carbons (Fsp3) is 0.0556.